The van der Waals surface area contributed by atoms with Crippen molar-refractivity contribution in [1.82, 2.24) is 14.8 Å². The molecule has 2 N–H and O–H groups in total. The molecule has 0 amide bonds. The van der Waals surface area contributed by atoms with Crippen LogP contribution < -0.4 is 5.73 Å². The monoisotopic (exact) mass is 292 g/mol. The molecule has 1 heterocycles. The van der Waals surface area contributed by atoms with Crippen molar-refractivity contribution in [2.45, 2.75) is 32.7 Å². The molecule has 0 aliphatic heterocycles. The summed E-state index contributed by atoms with van der Waals surface area (Å²) in [6.07, 6.45) is 2.37. The summed E-state index contributed by atoms with van der Waals surface area (Å²) in [5.74, 6) is 1.67. The molecule has 0 fully saturated rings. The number of nitrogens with zero attached hydrogens (tertiary/aromatic N) is 3. The molecule has 0 bridgehead atoms. The van der Waals surface area contributed by atoms with E-state index >= 15 is 0 Å². The molecular weight excluding hydrogens is 272 g/mol. The van der Waals surface area contributed by atoms with E-state index in [2.05, 4.69) is 23.9 Å². The highest BCUT2D eigenvalue weighted by Crippen LogP contribution is 2.26. The molecule has 2 aromatic rings. The van der Waals surface area contributed by atoms with Crippen LogP contribution in [0.2, 0.25) is 5.02 Å². The zero-order valence-electron chi connectivity index (χ0n) is 12.0. The van der Waals surface area contributed by atoms with Gasteiger partial charge in [-0.15, -0.1) is 0 Å². The van der Waals surface area contributed by atoms with E-state index in [0.717, 1.165) is 29.4 Å². The van der Waals surface area contributed by atoms with Gasteiger partial charge in [0.15, 0.2) is 0 Å². The molecule has 0 aliphatic carbocycles. The van der Waals surface area contributed by atoms with E-state index in [1.807, 2.05) is 28.9 Å². The van der Waals surface area contributed by atoms with Gasteiger partial charge in [0, 0.05) is 23.9 Å². The molecule has 108 valence electrons. The summed E-state index contributed by atoms with van der Waals surface area (Å²) in [5, 5.41) is 5.05. The van der Waals surface area contributed by atoms with E-state index in [1.165, 1.54) is 0 Å². The third-order valence-electron chi connectivity index (χ3n) is 3.29. The summed E-state index contributed by atoms with van der Waals surface area (Å²) in [6.45, 7) is 5.74. The molecule has 1 aromatic carbocycles. The Morgan fingerprint density at radius 3 is 2.70 bits per heavy atom. The zero-order valence-corrected chi connectivity index (χ0v) is 12.7. The molecule has 1 atom stereocenters. The molecule has 2 rings (SSSR count). The summed E-state index contributed by atoms with van der Waals surface area (Å²) in [5.41, 5.74) is 7.00. The van der Waals surface area contributed by atoms with Crippen molar-refractivity contribution in [3.05, 3.63) is 47.0 Å². The summed E-state index contributed by atoms with van der Waals surface area (Å²) < 4.78 is 1.96. The van der Waals surface area contributed by atoms with Gasteiger partial charge in [-0.3, -0.25) is 0 Å². The second-order valence-corrected chi connectivity index (χ2v) is 5.82. The smallest absolute Gasteiger partial charge is 0.138 e. The first-order chi connectivity index (χ1) is 9.61. The van der Waals surface area contributed by atoms with Gasteiger partial charge in [0.25, 0.3) is 0 Å². The van der Waals surface area contributed by atoms with Gasteiger partial charge < -0.3 is 5.73 Å². The van der Waals surface area contributed by atoms with Gasteiger partial charge in [-0.25, -0.2) is 9.67 Å². The van der Waals surface area contributed by atoms with Crippen molar-refractivity contribution in [1.29, 1.82) is 0 Å². The maximum Gasteiger partial charge on any atom is 0.138 e. The van der Waals surface area contributed by atoms with E-state index in [-0.39, 0.29) is 5.92 Å². The standard InChI is InChI=1S/C15H21ClN4/c1-11(2)9-20-15(18-10-19-20)7-12(8-17)13-5-3-4-6-14(13)16/h3-6,10-12H,7-9,17H2,1-2H3. The Morgan fingerprint density at radius 1 is 1.30 bits per heavy atom. The van der Waals surface area contributed by atoms with E-state index in [0.29, 0.717) is 12.5 Å². The molecule has 1 aromatic heterocycles. The molecule has 1 unspecified atom stereocenters. The third-order valence-corrected chi connectivity index (χ3v) is 3.64. The Morgan fingerprint density at radius 2 is 2.05 bits per heavy atom. The van der Waals surface area contributed by atoms with Crippen molar-refractivity contribution >= 4 is 11.6 Å². The van der Waals surface area contributed by atoms with Gasteiger partial charge in [0.05, 0.1) is 0 Å². The lowest BCUT2D eigenvalue weighted by Gasteiger charge is -2.17. The minimum absolute atomic E-state index is 0.166. The Balaban J connectivity index is 2.19. The van der Waals surface area contributed by atoms with E-state index in [1.54, 1.807) is 6.33 Å². The topological polar surface area (TPSA) is 56.7 Å². The summed E-state index contributed by atoms with van der Waals surface area (Å²) in [7, 11) is 0. The first-order valence-corrected chi connectivity index (χ1v) is 7.30. The average Bonchev–Trinajstić information content (AvgIpc) is 2.83. The normalized spacial score (nSPS) is 12.8. The highest BCUT2D eigenvalue weighted by molar-refractivity contribution is 6.31. The van der Waals surface area contributed by atoms with Crippen LogP contribution in [0.3, 0.4) is 0 Å². The SMILES string of the molecule is CC(C)Cn1ncnc1CC(CN)c1ccccc1Cl. The molecular formula is C15H21ClN4. The second kappa shape index (κ2) is 6.86. The molecule has 4 nitrogen and oxygen atoms in total. The lowest BCUT2D eigenvalue weighted by molar-refractivity contribution is 0.459. The maximum absolute atomic E-state index is 6.26. The van der Waals surface area contributed by atoms with Gasteiger partial charge in [-0.2, -0.15) is 5.10 Å². The Hall–Kier alpha value is -1.39. The quantitative estimate of drug-likeness (QED) is 0.891. The van der Waals surface area contributed by atoms with Crippen LogP contribution in [0, 0.1) is 5.92 Å². The second-order valence-electron chi connectivity index (χ2n) is 5.41. The van der Waals surface area contributed by atoms with Crippen LogP contribution in [-0.4, -0.2) is 21.3 Å². The zero-order chi connectivity index (χ0) is 14.5. The predicted molar refractivity (Wildman–Crippen MR) is 81.8 cm³/mol. The van der Waals surface area contributed by atoms with Gasteiger partial charge in [0.1, 0.15) is 12.2 Å². The van der Waals surface area contributed by atoms with Crippen molar-refractivity contribution in [2.75, 3.05) is 6.54 Å². The van der Waals surface area contributed by atoms with Gasteiger partial charge >= 0.3 is 0 Å². The predicted octanol–water partition coefficient (Wildman–Crippen LogP) is 2.87. The van der Waals surface area contributed by atoms with Crippen LogP contribution in [0.4, 0.5) is 0 Å². The minimum Gasteiger partial charge on any atom is -0.330 e. The van der Waals surface area contributed by atoms with Crippen LogP contribution in [-0.2, 0) is 13.0 Å². The molecule has 20 heavy (non-hydrogen) atoms. The highest BCUT2D eigenvalue weighted by Gasteiger charge is 2.17. The Labute approximate surface area is 125 Å². The molecule has 0 saturated carbocycles. The number of aromatic nitrogens is 3. The van der Waals surface area contributed by atoms with Crippen LogP contribution in [0.25, 0.3) is 0 Å². The van der Waals surface area contributed by atoms with Crippen molar-refractivity contribution < 1.29 is 0 Å². The Bertz CT molecular complexity index is 550. The fraction of sp³-hybridized carbons (Fsp3) is 0.467. The molecule has 0 radical (unpaired) electrons. The molecule has 5 heteroatoms. The van der Waals surface area contributed by atoms with Crippen LogP contribution in [0.15, 0.2) is 30.6 Å². The fourth-order valence-electron chi connectivity index (χ4n) is 2.29. The van der Waals surface area contributed by atoms with E-state index in [4.69, 9.17) is 17.3 Å². The number of benzene rings is 1. The third kappa shape index (κ3) is 3.58. The summed E-state index contributed by atoms with van der Waals surface area (Å²) >= 11 is 6.26. The van der Waals surface area contributed by atoms with Gasteiger partial charge in [-0.1, -0.05) is 43.6 Å². The number of halogens is 1. The number of hydrogen-bond donors (Lipinski definition) is 1. The van der Waals surface area contributed by atoms with Crippen LogP contribution in [0.1, 0.15) is 31.2 Å². The molecule has 0 saturated heterocycles. The van der Waals surface area contributed by atoms with Gasteiger partial charge in [0.2, 0.25) is 0 Å². The van der Waals surface area contributed by atoms with E-state index in [9.17, 15) is 0 Å². The Kier molecular flexibility index (Phi) is 5.15. The van der Waals surface area contributed by atoms with Crippen molar-refractivity contribution in [3.8, 4) is 0 Å². The highest BCUT2D eigenvalue weighted by atomic mass is 35.5. The average molecular weight is 293 g/mol. The molecule has 0 spiro atoms. The number of hydrogen-bond acceptors (Lipinski definition) is 3. The van der Waals surface area contributed by atoms with Crippen molar-refractivity contribution in [3.63, 3.8) is 0 Å². The van der Waals surface area contributed by atoms with Crippen molar-refractivity contribution in [2.24, 2.45) is 11.7 Å². The number of rotatable bonds is 6. The summed E-state index contributed by atoms with van der Waals surface area (Å²) in [4.78, 5) is 4.37. The van der Waals surface area contributed by atoms with Crippen LogP contribution in [0.5, 0.6) is 0 Å². The largest absolute Gasteiger partial charge is 0.330 e. The number of nitrogens with two attached hydrogens (primary N) is 1. The lowest BCUT2D eigenvalue weighted by Crippen LogP contribution is -2.19. The summed E-state index contributed by atoms with van der Waals surface area (Å²) in [6, 6.07) is 7.85. The van der Waals surface area contributed by atoms with Crippen LogP contribution >= 0.6 is 11.6 Å². The first kappa shape index (κ1) is 15.0. The molecule has 0 aliphatic rings. The minimum atomic E-state index is 0.166. The first-order valence-electron chi connectivity index (χ1n) is 6.93. The fourth-order valence-corrected chi connectivity index (χ4v) is 2.58. The van der Waals surface area contributed by atoms with Gasteiger partial charge in [-0.05, 0) is 24.1 Å². The van der Waals surface area contributed by atoms with E-state index < -0.39 is 0 Å². The lowest BCUT2D eigenvalue weighted by atomic mass is 9.95. The maximum atomic E-state index is 6.26.